The lowest BCUT2D eigenvalue weighted by Gasteiger charge is -2.38. The normalized spacial score (nSPS) is 15.7. The summed E-state index contributed by atoms with van der Waals surface area (Å²) in [5, 5.41) is -7.29. The molecule has 0 aliphatic heterocycles. The molecule has 0 bridgehead atoms. The zero-order chi connectivity index (χ0) is 27.3. The first-order chi connectivity index (χ1) is 14.4. The summed E-state index contributed by atoms with van der Waals surface area (Å²) in [7, 11) is -7.61. The molecule has 17 heteroatoms. The average molecular weight is 539 g/mol. The summed E-state index contributed by atoms with van der Waals surface area (Å²) in [6.07, 6.45) is -15.1. The highest BCUT2D eigenvalue weighted by atomic mass is 32.2. The minimum Gasteiger partial charge on any atom is -0.743 e. The Balaban J connectivity index is 0. The van der Waals surface area contributed by atoms with E-state index in [0.29, 0.717) is 0 Å². The first-order valence-corrected chi connectivity index (χ1v) is 10.8. The van der Waals surface area contributed by atoms with Gasteiger partial charge in [-0.05, 0) is 34.1 Å². The minimum absolute atomic E-state index is 1.28. The highest BCUT2D eigenvalue weighted by Crippen LogP contribution is 2.55. The number of halogens is 12. The molecule has 202 valence electrons. The number of nitrogens with zero attached hydrogens (tertiary/aromatic N) is 1. The third kappa shape index (κ3) is 7.50. The van der Waals surface area contributed by atoms with Crippen LogP contribution in [0.5, 0.6) is 0 Å². The lowest BCUT2D eigenvalue weighted by Crippen LogP contribution is -2.66. The molecule has 0 fully saturated rings. The fraction of sp³-hybridized carbons (Fsp3) is 1.00. The molecule has 0 saturated carbocycles. The third-order valence-electron chi connectivity index (χ3n) is 5.25. The van der Waals surface area contributed by atoms with Crippen LogP contribution in [0.1, 0.15) is 40.5 Å². The summed E-state index contributed by atoms with van der Waals surface area (Å²) in [5.74, 6) is -22.0. The van der Waals surface area contributed by atoms with Crippen molar-refractivity contribution in [3.63, 3.8) is 0 Å². The van der Waals surface area contributed by atoms with Crippen LogP contribution in [-0.4, -0.2) is 79.0 Å². The first-order valence-electron chi connectivity index (χ1n) is 9.39. The highest BCUT2D eigenvalue weighted by Gasteiger charge is 2.84. The van der Waals surface area contributed by atoms with Crippen LogP contribution in [0.15, 0.2) is 0 Å². The molecule has 0 radical (unpaired) electrons. The first kappa shape index (κ1) is 34.2. The Hall–Kier alpha value is -0.970. The van der Waals surface area contributed by atoms with Gasteiger partial charge in [0, 0.05) is 6.42 Å². The van der Waals surface area contributed by atoms with E-state index in [9.17, 15) is 65.7 Å². The van der Waals surface area contributed by atoms with Gasteiger partial charge < -0.3 is 9.04 Å². The van der Waals surface area contributed by atoms with E-state index in [1.54, 1.807) is 0 Å². The molecule has 0 aromatic heterocycles. The van der Waals surface area contributed by atoms with E-state index in [1.165, 1.54) is 30.7 Å². The van der Waals surface area contributed by atoms with E-state index in [2.05, 4.69) is 27.7 Å². The van der Waals surface area contributed by atoms with Gasteiger partial charge in [-0.3, -0.25) is 0 Å². The molecule has 0 amide bonds. The van der Waals surface area contributed by atoms with Gasteiger partial charge in [-0.25, -0.2) is 12.8 Å². The largest absolute Gasteiger partial charge is 0.743 e. The molecule has 0 N–H and O–H groups in total. The summed E-state index contributed by atoms with van der Waals surface area (Å²) >= 11 is 0. The SMILES string of the molecule is CC[N+](CC)(CC)CC.O=S(=O)([O-])C(F)(F)C(F)(F)C(F)(F)C(F)(F)C(F)CCC(F)(F)F. The van der Waals surface area contributed by atoms with Crippen LogP contribution in [0.4, 0.5) is 52.7 Å². The number of hydrogen-bond donors (Lipinski definition) is 0. The van der Waals surface area contributed by atoms with Crippen LogP contribution in [0.2, 0.25) is 0 Å². The second-order valence-corrected chi connectivity index (χ2v) is 8.39. The van der Waals surface area contributed by atoms with Crippen molar-refractivity contribution in [1.29, 1.82) is 0 Å². The molecule has 0 aliphatic rings. The average Bonchev–Trinajstić information content (AvgIpc) is 2.66. The van der Waals surface area contributed by atoms with Gasteiger partial charge in [-0.2, -0.15) is 48.3 Å². The summed E-state index contributed by atoms with van der Waals surface area (Å²) in [6.45, 7) is 14.2. The van der Waals surface area contributed by atoms with Crippen molar-refractivity contribution >= 4 is 10.1 Å². The van der Waals surface area contributed by atoms with Gasteiger partial charge in [0.05, 0.1) is 26.2 Å². The van der Waals surface area contributed by atoms with Crippen LogP contribution in [0, 0.1) is 0 Å². The van der Waals surface area contributed by atoms with E-state index in [0.717, 1.165) is 0 Å². The zero-order valence-corrected chi connectivity index (χ0v) is 18.8. The van der Waals surface area contributed by atoms with Gasteiger partial charge in [-0.1, -0.05) is 0 Å². The fourth-order valence-electron chi connectivity index (χ4n) is 2.56. The molecule has 0 saturated heterocycles. The summed E-state index contributed by atoms with van der Waals surface area (Å²) in [4.78, 5) is 0. The van der Waals surface area contributed by atoms with Gasteiger partial charge in [0.25, 0.3) is 0 Å². The molecule has 4 nitrogen and oxygen atoms in total. The molecule has 0 rings (SSSR count). The van der Waals surface area contributed by atoms with Crippen molar-refractivity contribution in [2.45, 2.75) is 75.9 Å². The Morgan fingerprint density at radius 2 is 1.06 bits per heavy atom. The van der Waals surface area contributed by atoms with Gasteiger partial charge >= 0.3 is 29.2 Å². The van der Waals surface area contributed by atoms with Gasteiger partial charge in [0.1, 0.15) is 0 Å². The van der Waals surface area contributed by atoms with Crippen molar-refractivity contribution < 1.29 is 70.1 Å². The Labute approximate surface area is 183 Å². The van der Waals surface area contributed by atoms with Crippen LogP contribution >= 0.6 is 0 Å². The molecular formula is C16H25F12NO3S. The van der Waals surface area contributed by atoms with Crippen molar-refractivity contribution in [2.24, 2.45) is 0 Å². The zero-order valence-electron chi connectivity index (χ0n) is 17.9. The maximum Gasteiger partial charge on any atom is 0.402 e. The van der Waals surface area contributed by atoms with Crippen molar-refractivity contribution in [3.8, 4) is 0 Å². The molecular weight excluding hydrogens is 514 g/mol. The monoisotopic (exact) mass is 539 g/mol. The summed E-state index contributed by atoms with van der Waals surface area (Å²) < 4.78 is 182. The summed E-state index contributed by atoms with van der Waals surface area (Å²) in [5.41, 5.74) is 0. The van der Waals surface area contributed by atoms with Crippen LogP contribution in [-0.2, 0) is 10.1 Å². The van der Waals surface area contributed by atoms with Crippen LogP contribution in [0.25, 0.3) is 0 Å². The number of quaternary nitrogens is 1. The van der Waals surface area contributed by atoms with Crippen molar-refractivity contribution in [3.05, 3.63) is 0 Å². The standard InChI is InChI=1S/C8H6F12O3S.C8H20N/c9-3(1-2-4(10,11)12)5(13,14)6(15,16)7(17,18)8(19,20)24(21,22)23;1-5-9(6-2,7-3)8-4/h3H,1-2H2,(H,21,22,23);5-8H2,1-4H3/q;+1/p-1. The van der Waals surface area contributed by atoms with E-state index < -0.39 is 58.3 Å². The maximum atomic E-state index is 13.0. The van der Waals surface area contributed by atoms with Gasteiger partial charge in [0.15, 0.2) is 16.3 Å². The smallest absolute Gasteiger partial charge is 0.402 e. The van der Waals surface area contributed by atoms with Crippen molar-refractivity contribution in [1.82, 2.24) is 0 Å². The van der Waals surface area contributed by atoms with E-state index in [4.69, 9.17) is 0 Å². The molecule has 0 spiro atoms. The predicted octanol–water partition coefficient (Wildman–Crippen LogP) is 5.59. The molecule has 0 aliphatic carbocycles. The minimum atomic E-state index is -7.62. The van der Waals surface area contributed by atoms with Crippen LogP contribution < -0.4 is 0 Å². The molecule has 33 heavy (non-hydrogen) atoms. The Kier molecular flexibility index (Phi) is 11.6. The Morgan fingerprint density at radius 1 is 0.727 bits per heavy atom. The topological polar surface area (TPSA) is 57.2 Å². The molecule has 0 aromatic rings. The number of hydrogen-bond acceptors (Lipinski definition) is 3. The van der Waals surface area contributed by atoms with Gasteiger partial charge in [-0.15, -0.1) is 0 Å². The van der Waals surface area contributed by atoms with Crippen LogP contribution in [0.3, 0.4) is 0 Å². The third-order valence-corrected chi connectivity index (χ3v) is 6.13. The van der Waals surface area contributed by atoms with Crippen molar-refractivity contribution in [2.75, 3.05) is 26.2 Å². The van der Waals surface area contributed by atoms with E-state index in [-0.39, 0.29) is 0 Å². The van der Waals surface area contributed by atoms with E-state index in [1.807, 2.05) is 0 Å². The molecule has 0 heterocycles. The number of alkyl halides is 12. The second kappa shape index (κ2) is 11.2. The number of rotatable bonds is 11. The molecule has 1 atom stereocenters. The summed E-state index contributed by atoms with van der Waals surface area (Å²) in [6, 6.07) is 0. The quantitative estimate of drug-likeness (QED) is 0.195. The molecule has 0 aromatic carbocycles. The van der Waals surface area contributed by atoms with E-state index >= 15 is 0 Å². The lowest BCUT2D eigenvalue weighted by atomic mass is 9.97. The second-order valence-electron chi connectivity index (χ2n) is 6.97. The predicted molar refractivity (Wildman–Crippen MR) is 92.1 cm³/mol. The highest BCUT2D eigenvalue weighted by molar-refractivity contribution is 7.86. The maximum absolute atomic E-state index is 13.0. The Bertz CT molecular complexity index is 688. The molecule has 1 unspecified atom stereocenters. The van der Waals surface area contributed by atoms with Gasteiger partial charge in [0.2, 0.25) is 0 Å². The fourth-order valence-corrected chi connectivity index (χ4v) is 3.00. The lowest BCUT2D eigenvalue weighted by molar-refractivity contribution is -0.921. The Morgan fingerprint density at radius 3 is 1.27 bits per heavy atom.